The minimum absolute atomic E-state index is 0.515. The van der Waals surface area contributed by atoms with Crippen LogP contribution in [0.1, 0.15) is 11.1 Å². The molecule has 5 aromatic rings. The summed E-state index contributed by atoms with van der Waals surface area (Å²) in [5.41, 5.74) is 5.68. The van der Waals surface area contributed by atoms with Crippen molar-refractivity contribution in [2.45, 2.75) is 13.1 Å². The summed E-state index contributed by atoms with van der Waals surface area (Å²) >= 11 is 0. The number of benzene rings is 3. The summed E-state index contributed by atoms with van der Waals surface area (Å²) in [5, 5.41) is 6.99. The van der Waals surface area contributed by atoms with Crippen molar-refractivity contribution < 1.29 is 9.21 Å². The fourth-order valence-corrected chi connectivity index (χ4v) is 3.86. The smallest absolute Gasteiger partial charge is 0.232 e. The van der Waals surface area contributed by atoms with Gasteiger partial charge in [-0.1, -0.05) is 84.9 Å². The Labute approximate surface area is 191 Å². The maximum atomic E-state index is 10.5. The molecule has 6 heteroatoms. The summed E-state index contributed by atoms with van der Waals surface area (Å²) < 4.78 is 6.26. The Bertz CT molecular complexity index is 1360. The average Bonchev–Trinajstić information content (AvgIpc) is 3.28. The standard InChI is InChI=1S/C27H22N4O2/c32-18-28-15-19-11-13-20(14-12-19)16-29-26-24-23(21-7-3-1-4-8-21)25(22-9-5-2-6-10-22)33-27(24)31-17-30-26/h1-14,17-18H,15-16H2,(H,28,32)(H,29,30,31). The van der Waals surface area contributed by atoms with E-state index in [1.54, 1.807) is 0 Å². The highest BCUT2D eigenvalue weighted by Gasteiger charge is 2.21. The Hall–Kier alpha value is -4.45. The third kappa shape index (κ3) is 4.32. The molecular formula is C27H22N4O2. The maximum absolute atomic E-state index is 10.5. The van der Waals surface area contributed by atoms with E-state index in [1.165, 1.54) is 6.33 Å². The van der Waals surface area contributed by atoms with Crippen LogP contribution in [0.15, 0.2) is 95.7 Å². The lowest BCUT2D eigenvalue weighted by Gasteiger charge is -2.09. The van der Waals surface area contributed by atoms with Gasteiger partial charge in [0, 0.05) is 24.2 Å². The van der Waals surface area contributed by atoms with E-state index in [-0.39, 0.29) is 0 Å². The van der Waals surface area contributed by atoms with Crippen molar-refractivity contribution in [2.24, 2.45) is 0 Å². The number of anilines is 1. The van der Waals surface area contributed by atoms with E-state index in [0.717, 1.165) is 44.8 Å². The number of carbonyl (C=O) groups is 1. The second kappa shape index (κ2) is 9.36. The van der Waals surface area contributed by atoms with E-state index in [9.17, 15) is 4.79 Å². The molecule has 5 rings (SSSR count). The summed E-state index contributed by atoms with van der Waals surface area (Å²) in [6.45, 7) is 1.11. The first-order valence-electron chi connectivity index (χ1n) is 10.7. The van der Waals surface area contributed by atoms with E-state index in [1.807, 2.05) is 72.8 Å². The van der Waals surface area contributed by atoms with Gasteiger partial charge in [-0.15, -0.1) is 0 Å². The number of hydrogen-bond donors (Lipinski definition) is 2. The molecule has 0 atom stereocenters. The zero-order chi connectivity index (χ0) is 22.5. The molecule has 0 saturated carbocycles. The van der Waals surface area contributed by atoms with E-state index < -0.39 is 0 Å². The van der Waals surface area contributed by atoms with Gasteiger partial charge in [0.15, 0.2) is 0 Å². The number of hydrogen-bond acceptors (Lipinski definition) is 5. The molecule has 0 unspecified atom stereocenters. The Morgan fingerprint density at radius 1 is 0.758 bits per heavy atom. The van der Waals surface area contributed by atoms with Gasteiger partial charge in [0.1, 0.15) is 17.9 Å². The van der Waals surface area contributed by atoms with Crippen LogP contribution in [0.5, 0.6) is 0 Å². The number of amides is 1. The number of nitrogens with one attached hydrogen (secondary N) is 2. The summed E-state index contributed by atoms with van der Waals surface area (Å²) in [4.78, 5) is 19.5. The molecule has 1 amide bonds. The topological polar surface area (TPSA) is 80.0 Å². The molecule has 2 aromatic heterocycles. The predicted molar refractivity (Wildman–Crippen MR) is 129 cm³/mol. The largest absolute Gasteiger partial charge is 0.437 e. The van der Waals surface area contributed by atoms with Gasteiger partial charge in [-0.2, -0.15) is 0 Å². The van der Waals surface area contributed by atoms with Gasteiger partial charge in [0.05, 0.1) is 5.39 Å². The first kappa shape index (κ1) is 20.5. The van der Waals surface area contributed by atoms with Crippen molar-refractivity contribution in [3.63, 3.8) is 0 Å². The fraction of sp³-hybridized carbons (Fsp3) is 0.0741. The highest BCUT2D eigenvalue weighted by Crippen LogP contribution is 2.42. The molecule has 2 heterocycles. The van der Waals surface area contributed by atoms with Crippen LogP contribution in [0.3, 0.4) is 0 Å². The Morgan fingerprint density at radius 3 is 2.06 bits per heavy atom. The van der Waals surface area contributed by atoms with Gasteiger partial charge in [-0.3, -0.25) is 4.79 Å². The van der Waals surface area contributed by atoms with Crippen molar-refractivity contribution in [2.75, 3.05) is 5.32 Å². The molecule has 6 nitrogen and oxygen atoms in total. The first-order chi connectivity index (χ1) is 16.3. The van der Waals surface area contributed by atoms with Crippen LogP contribution in [-0.2, 0) is 17.9 Å². The number of fused-ring (bicyclic) bond motifs is 1. The average molecular weight is 434 g/mol. The van der Waals surface area contributed by atoms with E-state index in [2.05, 4.69) is 32.7 Å². The number of nitrogens with zero attached hydrogens (tertiary/aromatic N) is 2. The molecule has 0 aliphatic carbocycles. The van der Waals surface area contributed by atoms with Crippen LogP contribution in [0, 0.1) is 0 Å². The molecule has 3 aromatic carbocycles. The lowest BCUT2D eigenvalue weighted by Crippen LogP contribution is -2.09. The van der Waals surface area contributed by atoms with E-state index in [4.69, 9.17) is 4.42 Å². The minimum Gasteiger partial charge on any atom is -0.437 e. The third-order valence-corrected chi connectivity index (χ3v) is 5.46. The fourth-order valence-electron chi connectivity index (χ4n) is 3.86. The van der Waals surface area contributed by atoms with Crippen molar-refractivity contribution in [3.8, 4) is 22.5 Å². The van der Waals surface area contributed by atoms with Crippen LogP contribution in [0.2, 0.25) is 0 Å². The zero-order valence-corrected chi connectivity index (χ0v) is 17.9. The van der Waals surface area contributed by atoms with Crippen LogP contribution in [0.4, 0.5) is 5.82 Å². The minimum atomic E-state index is 0.515. The van der Waals surface area contributed by atoms with Crippen molar-refractivity contribution in [3.05, 3.63) is 102 Å². The molecule has 0 spiro atoms. The number of aromatic nitrogens is 2. The van der Waals surface area contributed by atoms with Gasteiger partial charge in [-0.25, -0.2) is 9.97 Å². The lowest BCUT2D eigenvalue weighted by atomic mass is 9.99. The maximum Gasteiger partial charge on any atom is 0.232 e. The summed E-state index contributed by atoms with van der Waals surface area (Å²) in [6.07, 6.45) is 2.22. The van der Waals surface area contributed by atoms with E-state index in [0.29, 0.717) is 25.2 Å². The number of furan rings is 1. The molecule has 162 valence electrons. The van der Waals surface area contributed by atoms with E-state index >= 15 is 0 Å². The third-order valence-electron chi connectivity index (χ3n) is 5.46. The molecule has 33 heavy (non-hydrogen) atoms. The molecule has 0 saturated heterocycles. The summed E-state index contributed by atoms with van der Waals surface area (Å²) in [6, 6.07) is 28.3. The van der Waals surface area contributed by atoms with Crippen LogP contribution in [0.25, 0.3) is 33.6 Å². The van der Waals surface area contributed by atoms with Gasteiger partial charge in [0.25, 0.3) is 0 Å². The Kier molecular flexibility index (Phi) is 5.80. The number of rotatable bonds is 8. The van der Waals surface area contributed by atoms with Gasteiger partial charge < -0.3 is 15.1 Å². The van der Waals surface area contributed by atoms with Crippen LogP contribution < -0.4 is 10.6 Å². The van der Waals surface area contributed by atoms with Crippen molar-refractivity contribution in [1.82, 2.24) is 15.3 Å². The molecular weight excluding hydrogens is 412 g/mol. The molecule has 0 aliphatic heterocycles. The van der Waals surface area contributed by atoms with Crippen molar-refractivity contribution in [1.29, 1.82) is 0 Å². The monoisotopic (exact) mass is 434 g/mol. The van der Waals surface area contributed by atoms with Gasteiger partial charge in [0.2, 0.25) is 12.1 Å². The molecule has 2 N–H and O–H groups in total. The Balaban J connectivity index is 1.53. The predicted octanol–water partition coefficient (Wildman–Crippen LogP) is 5.41. The van der Waals surface area contributed by atoms with Gasteiger partial charge in [-0.05, 0) is 16.7 Å². The van der Waals surface area contributed by atoms with Gasteiger partial charge >= 0.3 is 0 Å². The van der Waals surface area contributed by atoms with Crippen LogP contribution >= 0.6 is 0 Å². The molecule has 0 radical (unpaired) electrons. The number of carbonyl (C=O) groups excluding carboxylic acids is 1. The second-order valence-electron chi connectivity index (χ2n) is 7.61. The highest BCUT2D eigenvalue weighted by atomic mass is 16.3. The zero-order valence-electron chi connectivity index (χ0n) is 17.9. The normalized spacial score (nSPS) is 10.8. The molecule has 0 aliphatic rings. The SMILES string of the molecule is O=CNCc1ccc(CNc2ncnc3oc(-c4ccccc4)c(-c4ccccc4)c23)cc1. The Morgan fingerprint density at radius 2 is 1.39 bits per heavy atom. The second-order valence-corrected chi connectivity index (χ2v) is 7.61. The highest BCUT2D eigenvalue weighted by molar-refractivity contribution is 6.05. The first-order valence-corrected chi connectivity index (χ1v) is 10.7. The molecule has 0 bridgehead atoms. The lowest BCUT2D eigenvalue weighted by molar-refractivity contribution is -0.109. The summed E-state index contributed by atoms with van der Waals surface area (Å²) in [7, 11) is 0. The van der Waals surface area contributed by atoms with Crippen LogP contribution in [-0.4, -0.2) is 16.4 Å². The quantitative estimate of drug-likeness (QED) is 0.319. The summed E-state index contributed by atoms with van der Waals surface area (Å²) in [5.74, 6) is 1.49. The van der Waals surface area contributed by atoms with Crippen molar-refractivity contribution >= 4 is 23.3 Å². The molecule has 0 fully saturated rings.